The Morgan fingerprint density at radius 2 is 1.44 bits per heavy atom. The lowest BCUT2D eigenvalue weighted by Gasteiger charge is -2.25. The fourth-order valence-electron chi connectivity index (χ4n) is 6.12. The average molecular weight is 776 g/mol. The first-order chi connectivity index (χ1) is 26.5. The Kier molecular flexibility index (Phi) is 16.7. The number of carbonyl (C=O) groups is 6. The van der Waals surface area contributed by atoms with E-state index in [2.05, 4.69) is 12.2 Å². The van der Waals surface area contributed by atoms with Gasteiger partial charge in [-0.25, -0.2) is 19.3 Å². The molecule has 294 valence electrons. The van der Waals surface area contributed by atoms with Crippen LogP contribution in [0.15, 0.2) is 72.8 Å². The summed E-state index contributed by atoms with van der Waals surface area (Å²) in [6.45, 7) is 3.55. The normalized spacial score (nSPS) is 13.7. The number of nitrogens with one attached hydrogen (secondary N) is 1. The highest BCUT2D eigenvalue weighted by molar-refractivity contribution is 6.34. The molecule has 55 heavy (non-hydrogen) atoms. The van der Waals surface area contributed by atoms with Gasteiger partial charge in [-0.1, -0.05) is 107 Å². The van der Waals surface area contributed by atoms with E-state index in [9.17, 15) is 28.8 Å². The highest BCUT2D eigenvalue weighted by atomic mass is 35.5. The molecule has 4 rings (SSSR count). The first-order valence-electron chi connectivity index (χ1n) is 18.8. The van der Waals surface area contributed by atoms with Gasteiger partial charge in [-0.15, -0.1) is 0 Å². The summed E-state index contributed by atoms with van der Waals surface area (Å²) in [7, 11) is 1.45. The number of esters is 2. The molecule has 0 bridgehead atoms. The highest BCUT2D eigenvalue weighted by Gasteiger charge is 2.47. The molecule has 12 nitrogen and oxygen atoms in total. The van der Waals surface area contributed by atoms with Crippen molar-refractivity contribution < 1.29 is 43.0 Å². The molecule has 1 aliphatic heterocycles. The Bertz CT molecular complexity index is 1780. The second kappa shape index (κ2) is 21.6. The van der Waals surface area contributed by atoms with Gasteiger partial charge in [0.25, 0.3) is 11.8 Å². The summed E-state index contributed by atoms with van der Waals surface area (Å²) in [6, 6.07) is 16.0. The van der Waals surface area contributed by atoms with Crippen LogP contribution in [-0.4, -0.2) is 77.8 Å². The molecule has 0 aromatic heterocycles. The summed E-state index contributed by atoms with van der Waals surface area (Å²) in [5.41, 5.74) is 0.639. The van der Waals surface area contributed by atoms with Crippen molar-refractivity contribution in [3.8, 4) is 5.75 Å². The summed E-state index contributed by atoms with van der Waals surface area (Å²) in [5, 5.41) is 2.52. The molecule has 0 spiro atoms. The van der Waals surface area contributed by atoms with Gasteiger partial charge < -0.3 is 24.4 Å². The number of Topliss-reactive ketones (excluding diaryl/α,β-unsaturated/α-hetero) is 1. The second-order valence-electron chi connectivity index (χ2n) is 13.5. The zero-order chi connectivity index (χ0) is 39.7. The summed E-state index contributed by atoms with van der Waals surface area (Å²) >= 11 is 6.41. The first kappa shape index (κ1) is 42.5. The molecule has 0 radical (unpaired) electrons. The van der Waals surface area contributed by atoms with Gasteiger partial charge >= 0.3 is 18.0 Å². The summed E-state index contributed by atoms with van der Waals surface area (Å²) in [5.74, 6) is -3.75. The molecule has 2 unspecified atom stereocenters. The van der Waals surface area contributed by atoms with E-state index in [1.165, 1.54) is 99.9 Å². The molecule has 1 N–H and O–H groups in total. The molecule has 1 saturated heterocycles. The number of anilines is 1. The third-order valence-corrected chi connectivity index (χ3v) is 9.56. The van der Waals surface area contributed by atoms with Crippen LogP contribution in [0.1, 0.15) is 104 Å². The molecule has 0 saturated carbocycles. The van der Waals surface area contributed by atoms with Crippen LogP contribution in [-0.2, 0) is 30.4 Å². The summed E-state index contributed by atoms with van der Waals surface area (Å²) < 4.78 is 15.8. The number of halogens is 1. The minimum atomic E-state index is -1.92. The van der Waals surface area contributed by atoms with Crippen LogP contribution in [0.25, 0.3) is 0 Å². The lowest BCUT2D eigenvalue weighted by atomic mass is 10.0. The number of ether oxygens (including phenoxy) is 3. The van der Waals surface area contributed by atoms with E-state index < -0.39 is 47.7 Å². The monoisotopic (exact) mass is 775 g/mol. The molecule has 1 heterocycles. The number of carbonyl (C=O) groups excluding carboxylic acids is 6. The number of rotatable bonds is 22. The van der Waals surface area contributed by atoms with E-state index in [4.69, 9.17) is 25.8 Å². The van der Waals surface area contributed by atoms with Crippen molar-refractivity contribution in [2.24, 2.45) is 0 Å². The van der Waals surface area contributed by atoms with E-state index in [-0.39, 0.29) is 41.5 Å². The number of urea groups is 1. The van der Waals surface area contributed by atoms with Crippen LogP contribution in [0.3, 0.4) is 0 Å². The molecular weight excluding hydrogens is 726 g/mol. The average Bonchev–Trinajstić information content (AvgIpc) is 3.45. The van der Waals surface area contributed by atoms with Crippen LogP contribution in [0.4, 0.5) is 10.5 Å². The van der Waals surface area contributed by atoms with Crippen LogP contribution in [0.5, 0.6) is 5.75 Å². The molecule has 3 aromatic rings. The lowest BCUT2D eigenvalue weighted by Crippen LogP contribution is -2.52. The largest absolute Gasteiger partial charge is 0.497 e. The second-order valence-corrected chi connectivity index (χ2v) is 13.9. The first-order valence-corrected chi connectivity index (χ1v) is 19.2. The molecule has 13 heteroatoms. The van der Waals surface area contributed by atoms with Gasteiger partial charge in [0.05, 0.1) is 30.0 Å². The van der Waals surface area contributed by atoms with Crippen LogP contribution < -0.4 is 10.1 Å². The standard InChI is InChI=1S/C42H50ClN3O9/c1-4-5-6-7-8-9-10-11-12-16-25-54-40(50)29(2)55-41(51)32-21-24-34(43)35(26-32)44-39(49)37(38(48)31-19-22-33(53-3)23-20-31)46-36(47)28-45(42(46)52)27-30-17-14-13-15-18-30/h13-15,17-24,26,29,37H,4-12,16,25,27-28H2,1-3H3,(H,44,49). The van der Waals surface area contributed by atoms with Crippen molar-refractivity contribution in [2.75, 3.05) is 25.6 Å². The molecule has 1 fully saturated rings. The number of methoxy groups -OCH3 is 1. The molecule has 1 aliphatic rings. The van der Waals surface area contributed by atoms with Crippen molar-refractivity contribution >= 4 is 52.9 Å². The Morgan fingerprint density at radius 3 is 2.07 bits per heavy atom. The molecule has 2 atom stereocenters. The predicted molar refractivity (Wildman–Crippen MR) is 208 cm³/mol. The van der Waals surface area contributed by atoms with E-state index in [1.807, 2.05) is 6.07 Å². The Hall–Kier alpha value is -5.23. The third kappa shape index (κ3) is 12.4. The van der Waals surface area contributed by atoms with Crippen LogP contribution >= 0.6 is 11.6 Å². The van der Waals surface area contributed by atoms with Crippen molar-refractivity contribution in [2.45, 2.75) is 96.7 Å². The number of benzene rings is 3. The van der Waals surface area contributed by atoms with Gasteiger partial charge in [0.2, 0.25) is 0 Å². The van der Waals surface area contributed by atoms with E-state index in [0.717, 1.165) is 24.8 Å². The van der Waals surface area contributed by atoms with Gasteiger partial charge in [-0.05, 0) is 61.4 Å². The molecule has 4 amide bonds. The summed E-state index contributed by atoms with van der Waals surface area (Å²) in [4.78, 5) is 82.4. The van der Waals surface area contributed by atoms with Crippen molar-refractivity contribution in [3.63, 3.8) is 0 Å². The van der Waals surface area contributed by atoms with Gasteiger partial charge in [0.1, 0.15) is 12.3 Å². The van der Waals surface area contributed by atoms with Crippen molar-refractivity contribution in [1.29, 1.82) is 0 Å². The number of nitrogens with zero attached hydrogens (tertiary/aromatic N) is 2. The number of unbranched alkanes of at least 4 members (excludes halogenated alkanes) is 9. The maximum atomic E-state index is 14.0. The minimum absolute atomic E-state index is 0.00530. The number of hydrogen-bond acceptors (Lipinski definition) is 9. The zero-order valence-corrected chi connectivity index (χ0v) is 32.5. The molecular formula is C42H50ClN3O9. The fourth-order valence-corrected chi connectivity index (χ4v) is 6.28. The Morgan fingerprint density at radius 1 is 0.818 bits per heavy atom. The lowest BCUT2D eigenvalue weighted by molar-refractivity contribution is -0.153. The van der Waals surface area contributed by atoms with Gasteiger partial charge in [0, 0.05) is 12.1 Å². The number of hydrogen-bond donors (Lipinski definition) is 1. The van der Waals surface area contributed by atoms with Crippen LogP contribution in [0.2, 0.25) is 5.02 Å². The zero-order valence-electron chi connectivity index (χ0n) is 31.7. The maximum Gasteiger partial charge on any atom is 0.347 e. The van der Waals surface area contributed by atoms with Gasteiger partial charge in [0.15, 0.2) is 17.9 Å². The SMILES string of the molecule is CCCCCCCCCCCCOC(=O)C(C)OC(=O)c1ccc(Cl)c(NC(=O)C(C(=O)c2ccc(OC)cc2)N2C(=O)CN(Cc3ccccc3)C2=O)c1. The highest BCUT2D eigenvalue weighted by Crippen LogP contribution is 2.27. The van der Waals surface area contributed by atoms with Crippen molar-refractivity contribution in [3.05, 3.63) is 94.5 Å². The Labute approximate surface area is 327 Å². The quantitative estimate of drug-likeness (QED) is 0.0352. The van der Waals surface area contributed by atoms with E-state index in [0.29, 0.717) is 17.1 Å². The predicted octanol–water partition coefficient (Wildman–Crippen LogP) is 8.01. The minimum Gasteiger partial charge on any atom is -0.497 e. The number of ketones is 1. The molecule has 3 aromatic carbocycles. The molecule has 0 aliphatic carbocycles. The van der Waals surface area contributed by atoms with Gasteiger partial charge in [-0.2, -0.15) is 0 Å². The summed E-state index contributed by atoms with van der Waals surface area (Å²) in [6.07, 6.45) is 10.2. The Balaban J connectivity index is 1.40. The number of imide groups is 1. The van der Waals surface area contributed by atoms with Crippen molar-refractivity contribution in [1.82, 2.24) is 9.80 Å². The van der Waals surface area contributed by atoms with E-state index >= 15 is 0 Å². The van der Waals surface area contributed by atoms with Crippen LogP contribution in [0, 0.1) is 0 Å². The topological polar surface area (TPSA) is 149 Å². The van der Waals surface area contributed by atoms with E-state index in [1.54, 1.807) is 24.3 Å². The fraction of sp³-hybridized carbons (Fsp3) is 0.429. The van der Waals surface area contributed by atoms with Gasteiger partial charge in [-0.3, -0.25) is 14.4 Å². The smallest absolute Gasteiger partial charge is 0.347 e. The number of amides is 4. The third-order valence-electron chi connectivity index (χ3n) is 9.23. The maximum absolute atomic E-state index is 14.0.